The lowest BCUT2D eigenvalue weighted by Gasteiger charge is -2.21. The molecule has 0 amide bonds. The number of carbonyl (C=O) groups excluding carboxylic acids is 1. The van der Waals surface area contributed by atoms with Crippen LogP contribution in [0.1, 0.15) is 38.1 Å². The maximum Gasteiger partial charge on any atom is 0.242 e. The Morgan fingerprint density at radius 1 is 1.28 bits per heavy atom. The standard InChI is InChI=1S/C12H16ClNO3S/c1-8(15)9-5-6-10(13)11(7-9)18(16,17)14-12(2,3)4/h5-7,14H,1-4H3. The summed E-state index contributed by atoms with van der Waals surface area (Å²) in [5.41, 5.74) is -0.303. The lowest BCUT2D eigenvalue weighted by atomic mass is 10.1. The van der Waals surface area contributed by atoms with Crippen molar-refractivity contribution in [3.63, 3.8) is 0 Å². The predicted octanol–water partition coefficient (Wildman–Crippen LogP) is 2.62. The van der Waals surface area contributed by atoms with Gasteiger partial charge in [0, 0.05) is 11.1 Å². The molecule has 0 bridgehead atoms. The molecule has 6 heteroatoms. The van der Waals surface area contributed by atoms with Crippen molar-refractivity contribution < 1.29 is 13.2 Å². The average molecular weight is 290 g/mol. The SMILES string of the molecule is CC(=O)c1ccc(Cl)c(S(=O)(=O)NC(C)(C)C)c1. The fourth-order valence-corrected chi connectivity index (χ4v) is 3.33. The molecular formula is C12H16ClNO3S. The largest absolute Gasteiger partial charge is 0.295 e. The molecule has 0 spiro atoms. The van der Waals surface area contributed by atoms with Crippen LogP contribution in [-0.4, -0.2) is 19.7 Å². The van der Waals surface area contributed by atoms with E-state index in [0.29, 0.717) is 5.56 Å². The molecule has 0 radical (unpaired) electrons. The first-order valence-electron chi connectivity index (χ1n) is 5.37. The zero-order chi connectivity index (χ0) is 14.1. The quantitative estimate of drug-likeness (QED) is 0.870. The molecule has 1 N–H and O–H groups in total. The van der Waals surface area contributed by atoms with Crippen molar-refractivity contribution in [1.82, 2.24) is 4.72 Å². The number of rotatable bonds is 3. The summed E-state index contributed by atoms with van der Waals surface area (Å²) in [6, 6.07) is 4.20. The van der Waals surface area contributed by atoms with Gasteiger partial charge in [0.05, 0.1) is 5.02 Å². The normalized spacial score (nSPS) is 12.5. The molecular weight excluding hydrogens is 274 g/mol. The van der Waals surface area contributed by atoms with Gasteiger partial charge in [0.1, 0.15) is 4.90 Å². The van der Waals surface area contributed by atoms with Crippen molar-refractivity contribution in [2.75, 3.05) is 0 Å². The van der Waals surface area contributed by atoms with Gasteiger partial charge in [-0.3, -0.25) is 4.79 Å². The van der Waals surface area contributed by atoms with Gasteiger partial charge in [-0.1, -0.05) is 11.6 Å². The molecule has 18 heavy (non-hydrogen) atoms. The van der Waals surface area contributed by atoms with E-state index in [9.17, 15) is 13.2 Å². The summed E-state index contributed by atoms with van der Waals surface area (Å²) in [6.07, 6.45) is 0. The van der Waals surface area contributed by atoms with Gasteiger partial charge in [-0.15, -0.1) is 0 Å². The summed E-state index contributed by atoms with van der Waals surface area (Å²) in [6.45, 7) is 6.56. The van der Waals surface area contributed by atoms with E-state index >= 15 is 0 Å². The van der Waals surface area contributed by atoms with Gasteiger partial charge < -0.3 is 0 Å². The maximum absolute atomic E-state index is 12.1. The molecule has 0 aromatic heterocycles. The van der Waals surface area contributed by atoms with Crippen LogP contribution in [0, 0.1) is 0 Å². The van der Waals surface area contributed by atoms with E-state index in [1.165, 1.54) is 25.1 Å². The van der Waals surface area contributed by atoms with Crippen molar-refractivity contribution in [2.24, 2.45) is 0 Å². The first-order valence-corrected chi connectivity index (χ1v) is 7.23. The minimum Gasteiger partial charge on any atom is -0.295 e. The Hall–Kier alpha value is -0.910. The molecule has 1 aromatic rings. The second-order valence-corrected chi connectivity index (χ2v) is 7.11. The lowest BCUT2D eigenvalue weighted by Crippen LogP contribution is -2.40. The minimum absolute atomic E-state index is 0.0770. The van der Waals surface area contributed by atoms with Gasteiger partial charge >= 0.3 is 0 Å². The molecule has 4 nitrogen and oxygen atoms in total. The van der Waals surface area contributed by atoms with Crippen LogP contribution >= 0.6 is 11.6 Å². The Bertz CT molecular complexity index is 573. The Morgan fingerprint density at radius 3 is 2.28 bits per heavy atom. The Morgan fingerprint density at radius 2 is 1.83 bits per heavy atom. The molecule has 0 aliphatic rings. The molecule has 0 aliphatic heterocycles. The van der Waals surface area contributed by atoms with Crippen LogP contribution in [0.25, 0.3) is 0 Å². The monoisotopic (exact) mass is 289 g/mol. The first-order chi connectivity index (χ1) is 8.03. The van der Waals surface area contributed by atoms with Crippen LogP contribution in [-0.2, 0) is 10.0 Å². The topological polar surface area (TPSA) is 63.2 Å². The summed E-state index contributed by atoms with van der Waals surface area (Å²) in [5.74, 6) is -0.209. The van der Waals surface area contributed by atoms with Crippen LogP contribution in [0.2, 0.25) is 5.02 Å². The highest BCUT2D eigenvalue weighted by molar-refractivity contribution is 7.89. The number of benzene rings is 1. The molecule has 0 aliphatic carbocycles. The maximum atomic E-state index is 12.1. The smallest absolute Gasteiger partial charge is 0.242 e. The number of Topliss-reactive ketones (excluding diaryl/α,β-unsaturated/α-hetero) is 1. The molecule has 0 heterocycles. The zero-order valence-corrected chi connectivity index (χ0v) is 12.3. The van der Waals surface area contributed by atoms with Crippen molar-refractivity contribution in [1.29, 1.82) is 0 Å². The molecule has 1 rings (SSSR count). The van der Waals surface area contributed by atoms with Crippen LogP contribution in [0.3, 0.4) is 0 Å². The number of hydrogen-bond donors (Lipinski definition) is 1. The van der Waals surface area contributed by atoms with E-state index in [4.69, 9.17) is 11.6 Å². The van der Waals surface area contributed by atoms with E-state index in [0.717, 1.165) is 0 Å². The molecule has 0 unspecified atom stereocenters. The molecule has 0 fully saturated rings. The van der Waals surface area contributed by atoms with E-state index in [-0.39, 0.29) is 15.7 Å². The fourth-order valence-electron chi connectivity index (χ4n) is 1.39. The van der Waals surface area contributed by atoms with Crippen LogP contribution in [0.5, 0.6) is 0 Å². The number of nitrogens with one attached hydrogen (secondary N) is 1. The van der Waals surface area contributed by atoms with Crippen LogP contribution in [0.15, 0.2) is 23.1 Å². The molecule has 0 atom stereocenters. The Kier molecular flexibility index (Phi) is 4.20. The van der Waals surface area contributed by atoms with Gasteiger partial charge in [0.15, 0.2) is 5.78 Å². The second-order valence-electron chi connectivity index (χ2n) is 5.06. The summed E-state index contributed by atoms with van der Waals surface area (Å²) in [5, 5.41) is 0.0942. The van der Waals surface area contributed by atoms with Gasteiger partial charge in [-0.05, 0) is 45.9 Å². The van der Waals surface area contributed by atoms with E-state index in [1.54, 1.807) is 20.8 Å². The number of carbonyl (C=O) groups is 1. The summed E-state index contributed by atoms with van der Waals surface area (Å²) < 4.78 is 26.8. The second kappa shape index (κ2) is 4.99. The third-order valence-electron chi connectivity index (χ3n) is 2.07. The van der Waals surface area contributed by atoms with Crippen LogP contribution in [0.4, 0.5) is 0 Å². The lowest BCUT2D eigenvalue weighted by molar-refractivity contribution is 0.101. The predicted molar refractivity (Wildman–Crippen MR) is 71.5 cm³/mol. The van der Waals surface area contributed by atoms with Gasteiger partial charge in [0.25, 0.3) is 0 Å². The highest BCUT2D eigenvalue weighted by atomic mass is 35.5. The van der Waals surface area contributed by atoms with E-state index < -0.39 is 15.6 Å². The fraction of sp³-hybridized carbons (Fsp3) is 0.417. The highest BCUT2D eigenvalue weighted by Gasteiger charge is 2.24. The summed E-state index contributed by atoms with van der Waals surface area (Å²) in [7, 11) is -3.74. The van der Waals surface area contributed by atoms with E-state index in [2.05, 4.69) is 4.72 Å². The van der Waals surface area contributed by atoms with Gasteiger partial charge in [-0.25, -0.2) is 13.1 Å². The molecule has 1 aromatic carbocycles. The third-order valence-corrected chi connectivity index (χ3v) is 4.31. The Labute approximate surface area is 112 Å². The van der Waals surface area contributed by atoms with Crippen LogP contribution < -0.4 is 4.72 Å². The number of hydrogen-bond acceptors (Lipinski definition) is 3. The molecule has 0 saturated heterocycles. The van der Waals surface area contributed by atoms with E-state index in [1.807, 2.05) is 0 Å². The Balaban J connectivity index is 3.32. The van der Waals surface area contributed by atoms with Crippen molar-refractivity contribution in [2.45, 2.75) is 38.1 Å². The van der Waals surface area contributed by atoms with Crippen molar-refractivity contribution in [3.8, 4) is 0 Å². The van der Waals surface area contributed by atoms with Crippen molar-refractivity contribution in [3.05, 3.63) is 28.8 Å². The minimum atomic E-state index is -3.74. The average Bonchev–Trinajstić information content (AvgIpc) is 2.13. The first kappa shape index (κ1) is 15.1. The summed E-state index contributed by atoms with van der Waals surface area (Å²) >= 11 is 5.88. The number of halogens is 1. The molecule has 0 saturated carbocycles. The highest BCUT2D eigenvalue weighted by Crippen LogP contribution is 2.24. The number of sulfonamides is 1. The summed E-state index contributed by atoms with van der Waals surface area (Å²) in [4.78, 5) is 11.2. The van der Waals surface area contributed by atoms with Gasteiger partial charge in [0.2, 0.25) is 10.0 Å². The van der Waals surface area contributed by atoms with Crippen molar-refractivity contribution >= 4 is 27.4 Å². The van der Waals surface area contributed by atoms with Gasteiger partial charge in [-0.2, -0.15) is 0 Å². The zero-order valence-electron chi connectivity index (χ0n) is 10.7. The molecule has 100 valence electrons. The number of ketones is 1. The third kappa shape index (κ3) is 3.80.